The summed E-state index contributed by atoms with van der Waals surface area (Å²) in [5.41, 5.74) is 3.40. The molecule has 0 aliphatic rings. The molecule has 0 fully saturated rings. The number of para-hydroxylation sites is 2. The molecule has 1 radical (unpaired) electrons. The van der Waals surface area contributed by atoms with Crippen LogP contribution in [0.15, 0.2) is 54.6 Å². The summed E-state index contributed by atoms with van der Waals surface area (Å²) in [5.74, 6) is 0.979. The van der Waals surface area contributed by atoms with E-state index in [0.717, 1.165) is 29.9 Å². The third-order valence-corrected chi connectivity index (χ3v) is 2.90. The zero-order valence-corrected chi connectivity index (χ0v) is 13.9. The molecule has 1 heterocycles. The van der Waals surface area contributed by atoms with Crippen molar-refractivity contribution < 1.29 is 41.9 Å². The van der Waals surface area contributed by atoms with E-state index in [0.29, 0.717) is 0 Å². The quantitative estimate of drug-likeness (QED) is 0.481. The first-order valence-corrected chi connectivity index (χ1v) is 6.10. The summed E-state index contributed by atoms with van der Waals surface area (Å²) in [5, 5.41) is 3.39. The van der Waals surface area contributed by atoms with E-state index in [1.54, 1.807) is 0 Å². The SMILES string of the molecule is [Cl-].[Cl-].[Mn+2].c1ccc(CNCc2nc3ccccc3[nH]2)cc1. The van der Waals surface area contributed by atoms with Crippen LogP contribution in [0.25, 0.3) is 11.0 Å². The Morgan fingerprint density at radius 1 is 0.857 bits per heavy atom. The van der Waals surface area contributed by atoms with Crippen LogP contribution in [0.1, 0.15) is 11.4 Å². The van der Waals surface area contributed by atoms with Crippen molar-refractivity contribution in [2.75, 3.05) is 0 Å². The molecule has 21 heavy (non-hydrogen) atoms. The van der Waals surface area contributed by atoms with Gasteiger partial charge in [0.25, 0.3) is 0 Å². The summed E-state index contributed by atoms with van der Waals surface area (Å²) in [6.07, 6.45) is 0. The maximum atomic E-state index is 4.53. The van der Waals surface area contributed by atoms with Crippen molar-refractivity contribution in [3.8, 4) is 0 Å². The van der Waals surface area contributed by atoms with Crippen LogP contribution in [0.3, 0.4) is 0 Å². The average molecular weight is 363 g/mol. The van der Waals surface area contributed by atoms with E-state index in [2.05, 4.69) is 39.6 Å². The molecular formula is C15H15Cl2MnN3. The standard InChI is InChI=1S/C15H15N3.2ClH.Mn/c1-2-6-12(7-3-1)10-16-11-15-17-13-8-4-5-9-14(13)18-15;;;/h1-9,16H,10-11H2,(H,17,18);2*1H;/q;;;+2/p-2. The predicted molar refractivity (Wildman–Crippen MR) is 73.1 cm³/mol. The number of fused-ring (bicyclic) bond motifs is 1. The number of nitrogens with zero attached hydrogens (tertiary/aromatic N) is 1. The molecule has 3 nitrogen and oxygen atoms in total. The number of imidazole rings is 1. The number of hydrogen-bond acceptors (Lipinski definition) is 2. The molecule has 0 saturated heterocycles. The summed E-state index contributed by atoms with van der Waals surface area (Å²) in [6, 6.07) is 18.5. The van der Waals surface area contributed by atoms with Crippen LogP contribution < -0.4 is 30.1 Å². The van der Waals surface area contributed by atoms with Gasteiger partial charge >= 0.3 is 17.1 Å². The molecule has 6 heteroatoms. The van der Waals surface area contributed by atoms with Gasteiger partial charge in [0.2, 0.25) is 0 Å². The molecule has 0 atom stereocenters. The minimum Gasteiger partial charge on any atom is -1.00 e. The Bertz CT molecular complexity index is 610. The minimum atomic E-state index is 0. The number of halogens is 2. The first kappa shape index (κ1) is 20.0. The second-order valence-electron chi connectivity index (χ2n) is 4.29. The van der Waals surface area contributed by atoms with Crippen molar-refractivity contribution in [2.24, 2.45) is 0 Å². The van der Waals surface area contributed by atoms with Crippen molar-refractivity contribution in [1.29, 1.82) is 0 Å². The number of aromatic nitrogens is 2. The molecule has 3 aromatic rings. The van der Waals surface area contributed by atoms with E-state index < -0.39 is 0 Å². The predicted octanol–water partition coefficient (Wildman–Crippen LogP) is -3.14. The molecule has 1 aromatic heterocycles. The molecule has 0 aliphatic carbocycles. The topological polar surface area (TPSA) is 40.7 Å². The molecule has 0 amide bonds. The van der Waals surface area contributed by atoms with Gasteiger partial charge in [-0.2, -0.15) is 0 Å². The Morgan fingerprint density at radius 2 is 1.52 bits per heavy atom. The maximum absolute atomic E-state index is 4.53. The second-order valence-corrected chi connectivity index (χ2v) is 4.29. The molecule has 0 bridgehead atoms. The summed E-state index contributed by atoms with van der Waals surface area (Å²) in [4.78, 5) is 7.83. The second kappa shape index (κ2) is 9.82. The van der Waals surface area contributed by atoms with E-state index in [1.165, 1.54) is 5.56 Å². The molecule has 0 unspecified atom stereocenters. The van der Waals surface area contributed by atoms with Crippen LogP contribution in [-0.4, -0.2) is 9.97 Å². The summed E-state index contributed by atoms with van der Waals surface area (Å²) in [6.45, 7) is 1.61. The summed E-state index contributed by atoms with van der Waals surface area (Å²) < 4.78 is 0. The Balaban J connectivity index is 0.00000133. The van der Waals surface area contributed by atoms with Gasteiger partial charge in [0, 0.05) is 6.54 Å². The number of rotatable bonds is 4. The average Bonchev–Trinajstić information content (AvgIpc) is 2.82. The Labute approximate surface area is 147 Å². The summed E-state index contributed by atoms with van der Waals surface area (Å²) in [7, 11) is 0. The van der Waals surface area contributed by atoms with Gasteiger partial charge in [0.05, 0.1) is 17.6 Å². The van der Waals surface area contributed by atoms with Gasteiger partial charge in [0.1, 0.15) is 5.82 Å². The van der Waals surface area contributed by atoms with Gasteiger partial charge in [-0.15, -0.1) is 0 Å². The van der Waals surface area contributed by atoms with Crippen molar-refractivity contribution in [1.82, 2.24) is 15.3 Å². The number of nitrogens with one attached hydrogen (secondary N) is 2. The Hall–Kier alpha value is -1.03. The van der Waals surface area contributed by atoms with Gasteiger partial charge in [0.15, 0.2) is 0 Å². The molecule has 0 aliphatic heterocycles. The third-order valence-electron chi connectivity index (χ3n) is 2.90. The number of benzene rings is 2. The van der Waals surface area contributed by atoms with Gasteiger partial charge in [-0.25, -0.2) is 4.98 Å². The summed E-state index contributed by atoms with van der Waals surface area (Å²) >= 11 is 0. The van der Waals surface area contributed by atoms with Gasteiger partial charge < -0.3 is 35.1 Å². The van der Waals surface area contributed by atoms with Crippen molar-refractivity contribution in [3.63, 3.8) is 0 Å². The molecule has 0 saturated carbocycles. The van der Waals surface area contributed by atoms with E-state index in [-0.39, 0.29) is 41.9 Å². The third kappa shape index (κ3) is 5.34. The van der Waals surface area contributed by atoms with Crippen molar-refractivity contribution >= 4 is 11.0 Å². The van der Waals surface area contributed by atoms with Crippen LogP contribution in [0.4, 0.5) is 0 Å². The zero-order valence-electron chi connectivity index (χ0n) is 11.2. The normalized spacial score (nSPS) is 9.33. The van der Waals surface area contributed by atoms with Crippen LogP contribution >= 0.6 is 0 Å². The zero-order chi connectivity index (χ0) is 12.2. The smallest absolute Gasteiger partial charge is 1.00 e. The van der Waals surface area contributed by atoms with Gasteiger partial charge in [-0.1, -0.05) is 42.5 Å². The van der Waals surface area contributed by atoms with Crippen LogP contribution in [0.2, 0.25) is 0 Å². The van der Waals surface area contributed by atoms with Crippen LogP contribution in [0, 0.1) is 0 Å². The van der Waals surface area contributed by atoms with Crippen LogP contribution in [-0.2, 0) is 30.2 Å². The van der Waals surface area contributed by atoms with E-state index in [1.807, 2.05) is 30.3 Å². The molecular weight excluding hydrogens is 348 g/mol. The van der Waals surface area contributed by atoms with Gasteiger partial charge in [-0.05, 0) is 17.7 Å². The van der Waals surface area contributed by atoms with E-state index in [9.17, 15) is 0 Å². The maximum Gasteiger partial charge on any atom is 2.00 e. The van der Waals surface area contributed by atoms with Gasteiger partial charge in [-0.3, -0.25) is 0 Å². The fourth-order valence-electron chi connectivity index (χ4n) is 2.01. The number of aromatic amines is 1. The largest absolute Gasteiger partial charge is 2.00 e. The van der Waals surface area contributed by atoms with Crippen molar-refractivity contribution in [2.45, 2.75) is 13.1 Å². The first-order chi connectivity index (χ1) is 8.92. The van der Waals surface area contributed by atoms with Crippen molar-refractivity contribution in [3.05, 3.63) is 66.0 Å². The minimum absolute atomic E-state index is 0. The molecule has 2 N–H and O–H groups in total. The molecule has 111 valence electrons. The van der Waals surface area contributed by atoms with E-state index in [4.69, 9.17) is 0 Å². The van der Waals surface area contributed by atoms with Crippen LogP contribution in [0.5, 0.6) is 0 Å². The molecule has 0 spiro atoms. The Kier molecular flexibility index (Phi) is 9.34. The fraction of sp³-hybridized carbons (Fsp3) is 0.133. The molecule has 3 rings (SSSR count). The Morgan fingerprint density at radius 3 is 2.24 bits per heavy atom. The first-order valence-electron chi connectivity index (χ1n) is 6.10. The van der Waals surface area contributed by atoms with E-state index >= 15 is 0 Å². The molecule has 2 aromatic carbocycles. The number of hydrogen-bond donors (Lipinski definition) is 2. The number of H-pyrrole nitrogens is 1. The fourth-order valence-corrected chi connectivity index (χ4v) is 2.01. The monoisotopic (exact) mass is 362 g/mol.